The van der Waals surface area contributed by atoms with Crippen molar-refractivity contribution >= 4 is 15.7 Å². The van der Waals surface area contributed by atoms with Gasteiger partial charge in [0.05, 0.1) is 18.4 Å². The fourth-order valence-electron chi connectivity index (χ4n) is 4.00. The average molecular weight is 451 g/mol. The Morgan fingerprint density at radius 3 is 2.61 bits per heavy atom. The van der Waals surface area contributed by atoms with Crippen molar-refractivity contribution in [3.05, 3.63) is 35.0 Å². The molecule has 9 nitrogen and oxygen atoms in total. The molecule has 31 heavy (non-hydrogen) atoms. The fourth-order valence-corrected chi connectivity index (χ4v) is 5.69. The number of sulfone groups is 1. The van der Waals surface area contributed by atoms with Crippen LogP contribution in [0, 0.1) is 19.3 Å². The van der Waals surface area contributed by atoms with E-state index in [0.29, 0.717) is 16.9 Å². The lowest BCUT2D eigenvalue weighted by atomic mass is 9.80. The van der Waals surface area contributed by atoms with Crippen molar-refractivity contribution in [3.8, 4) is 5.75 Å². The number of hydrogen-bond donors (Lipinski definition) is 2. The van der Waals surface area contributed by atoms with Crippen LogP contribution in [0.2, 0.25) is 0 Å². The van der Waals surface area contributed by atoms with Crippen LogP contribution in [-0.2, 0) is 26.8 Å². The summed E-state index contributed by atoms with van der Waals surface area (Å²) in [5, 5.41) is 10.2. The highest BCUT2D eigenvalue weighted by Gasteiger charge is 2.33. The Morgan fingerprint density at radius 2 is 2.00 bits per heavy atom. The third kappa shape index (κ3) is 5.43. The molecule has 0 saturated carbocycles. The summed E-state index contributed by atoms with van der Waals surface area (Å²) in [5.41, 5.74) is 1.11. The maximum atomic E-state index is 13.0. The van der Waals surface area contributed by atoms with Gasteiger partial charge in [-0.25, -0.2) is 8.42 Å². The zero-order valence-corrected chi connectivity index (χ0v) is 19.4. The first-order valence-electron chi connectivity index (χ1n) is 10.2. The number of aryl methyl sites for hydroxylation is 2. The Labute approximate surface area is 182 Å². The Balaban J connectivity index is 1.68. The van der Waals surface area contributed by atoms with E-state index in [1.807, 2.05) is 0 Å². The Bertz CT molecular complexity index is 1040. The molecule has 0 bridgehead atoms. The van der Waals surface area contributed by atoms with Crippen molar-refractivity contribution in [1.29, 1.82) is 0 Å². The van der Waals surface area contributed by atoms with Gasteiger partial charge in [-0.2, -0.15) is 4.98 Å². The molecule has 1 aromatic heterocycles. The average Bonchev–Trinajstić information content (AvgIpc) is 3.08. The van der Waals surface area contributed by atoms with Gasteiger partial charge in [0, 0.05) is 12.6 Å². The largest absolute Gasteiger partial charge is 0.497 e. The quantitative estimate of drug-likeness (QED) is 0.654. The SMILES string of the molecule is COc1cc(C)c(S(=O)(=O)Cc2nc(CC(=O)NC3CCNCC3(C)C)no2)c(C)c1. The van der Waals surface area contributed by atoms with Crippen LogP contribution in [0.25, 0.3) is 0 Å². The van der Waals surface area contributed by atoms with Crippen molar-refractivity contribution in [2.75, 3.05) is 20.2 Å². The van der Waals surface area contributed by atoms with Gasteiger partial charge in [-0.05, 0) is 55.5 Å². The highest BCUT2D eigenvalue weighted by atomic mass is 32.2. The number of carbonyl (C=O) groups is 1. The van der Waals surface area contributed by atoms with Gasteiger partial charge in [0.25, 0.3) is 0 Å². The van der Waals surface area contributed by atoms with Gasteiger partial charge >= 0.3 is 0 Å². The van der Waals surface area contributed by atoms with Crippen LogP contribution < -0.4 is 15.4 Å². The van der Waals surface area contributed by atoms with Crippen LogP contribution in [0.1, 0.15) is 43.1 Å². The minimum absolute atomic E-state index is 0.0420. The normalized spacial score (nSPS) is 18.5. The number of hydrogen-bond acceptors (Lipinski definition) is 8. The van der Waals surface area contributed by atoms with Crippen LogP contribution in [-0.4, -0.2) is 50.7 Å². The van der Waals surface area contributed by atoms with E-state index in [1.165, 1.54) is 7.11 Å². The van der Waals surface area contributed by atoms with Crippen molar-refractivity contribution < 1.29 is 22.5 Å². The van der Waals surface area contributed by atoms with E-state index in [-0.39, 0.29) is 40.4 Å². The number of nitrogens with zero attached hydrogens (tertiary/aromatic N) is 2. The Morgan fingerprint density at radius 1 is 1.32 bits per heavy atom. The molecule has 1 aliphatic rings. The van der Waals surface area contributed by atoms with E-state index in [0.717, 1.165) is 19.5 Å². The second-order valence-corrected chi connectivity index (χ2v) is 10.6. The number of carbonyl (C=O) groups excluding carboxylic acids is 1. The van der Waals surface area contributed by atoms with Crippen LogP contribution in [0.15, 0.2) is 21.6 Å². The Hall–Kier alpha value is -2.46. The summed E-state index contributed by atoms with van der Waals surface area (Å²) in [7, 11) is -2.18. The van der Waals surface area contributed by atoms with Crippen molar-refractivity contribution in [2.45, 2.75) is 57.2 Å². The molecular weight excluding hydrogens is 420 g/mol. The minimum Gasteiger partial charge on any atom is -0.497 e. The number of piperidine rings is 1. The van der Waals surface area contributed by atoms with Crippen LogP contribution >= 0.6 is 0 Å². The number of amides is 1. The summed E-state index contributed by atoms with van der Waals surface area (Å²) in [4.78, 5) is 16.8. The summed E-state index contributed by atoms with van der Waals surface area (Å²) in [6, 6.07) is 3.39. The molecule has 3 rings (SSSR count). The molecule has 1 atom stereocenters. The molecule has 1 saturated heterocycles. The molecule has 2 N–H and O–H groups in total. The van der Waals surface area contributed by atoms with E-state index in [1.54, 1.807) is 26.0 Å². The maximum absolute atomic E-state index is 13.0. The maximum Gasteiger partial charge on any atom is 0.242 e. The summed E-state index contributed by atoms with van der Waals surface area (Å²) < 4.78 is 36.2. The molecule has 1 aliphatic heterocycles. The number of methoxy groups -OCH3 is 1. The predicted molar refractivity (Wildman–Crippen MR) is 115 cm³/mol. The summed E-state index contributed by atoms with van der Waals surface area (Å²) >= 11 is 0. The smallest absolute Gasteiger partial charge is 0.242 e. The molecule has 10 heteroatoms. The van der Waals surface area contributed by atoms with E-state index < -0.39 is 15.6 Å². The second kappa shape index (κ2) is 8.96. The third-order valence-corrected chi connectivity index (χ3v) is 7.48. The monoisotopic (exact) mass is 450 g/mol. The molecule has 1 aromatic carbocycles. The van der Waals surface area contributed by atoms with Gasteiger partial charge in [-0.3, -0.25) is 4.79 Å². The molecule has 2 heterocycles. The molecule has 0 spiro atoms. The first-order valence-corrected chi connectivity index (χ1v) is 11.9. The highest BCUT2D eigenvalue weighted by Crippen LogP contribution is 2.28. The molecular formula is C21H30N4O5S. The molecule has 1 unspecified atom stereocenters. The molecule has 2 aromatic rings. The van der Waals surface area contributed by atoms with Crippen LogP contribution in [0.5, 0.6) is 5.75 Å². The van der Waals surface area contributed by atoms with Crippen LogP contribution in [0.4, 0.5) is 0 Å². The standard InChI is InChI=1S/C21H30N4O5S/c1-13-8-15(29-5)9-14(2)20(13)31(27,28)11-19-24-17(25-30-19)10-18(26)23-16-6-7-22-12-21(16,3)4/h8-9,16,22H,6-7,10-12H2,1-5H3,(H,23,26). The number of aromatic nitrogens is 2. The van der Waals surface area contributed by atoms with E-state index in [2.05, 4.69) is 34.6 Å². The van der Waals surface area contributed by atoms with Gasteiger partial charge in [-0.15, -0.1) is 0 Å². The van der Waals surface area contributed by atoms with E-state index in [4.69, 9.17) is 9.26 Å². The molecule has 0 radical (unpaired) electrons. The van der Waals surface area contributed by atoms with E-state index >= 15 is 0 Å². The van der Waals surface area contributed by atoms with Crippen molar-refractivity contribution in [2.24, 2.45) is 5.41 Å². The van der Waals surface area contributed by atoms with Crippen molar-refractivity contribution in [1.82, 2.24) is 20.8 Å². The van der Waals surface area contributed by atoms with Gasteiger partial charge in [0.2, 0.25) is 11.8 Å². The first-order chi connectivity index (χ1) is 14.5. The molecule has 1 fully saturated rings. The summed E-state index contributed by atoms with van der Waals surface area (Å²) in [6.45, 7) is 9.31. The van der Waals surface area contributed by atoms with E-state index in [9.17, 15) is 13.2 Å². The highest BCUT2D eigenvalue weighted by molar-refractivity contribution is 7.90. The lowest BCUT2D eigenvalue weighted by molar-refractivity contribution is -0.122. The topological polar surface area (TPSA) is 123 Å². The fraction of sp³-hybridized carbons (Fsp3) is 0.571. The Kier molecular flexibility index (Phi) is 6.70. The second-order valence-electron chi connectivity index (χ2n) is 8.70. The minimum atomic E-state index is -3.71. The third-order valence-electron chi connectivity index (χ3n) is 5.59. The number of rotatable bonds is 7. The molecule has 170 valence electrons. The zero-order chi connectivity index (χ0) is 22.8. The lowest BCUT2D eigenvalue weighted by Crippen LogP contribution is -2.54. The van der Waals surface area contributed by atoms with Gasteiger partial charge in [-0.1, -0.05) is 19.0 Å². The molecule has 0 aliphatic carbocycles. The molecule has 1 amide bonds. The van der Waals surface area contributed by atoms with Gasteiger partial charge < -0.3 is 19.9 Å². The summed E-state index contributed by atoms with van der Waals surface area (Å²) in [6.07, 6.45) is 0.777. The zero-order valence-electron chi connectivity index (χ0n) is 18.6. The van der Waals surface area contributed by atoms with Crippen molar-refractivity contribution in [3.63, 3.8) is 0 Å². The first kappa shape index (κ1) is 23.2. The number of nitrogens with one attached hydrogen (secondary N) is 2. The van der Waals surface area contributed by atoms with Gasteiger partial charge in [0.1, 0.15) is 11.5 Å². The lowest BCUT2D eigenvalue weighted by Gasteiger charge is -2.39. The number of ether oxygens (including phenoxy) is 1. The van der Waals surface area contributed by atoms with Gasteiger partial charge in [0.15, 0.2) is 15.7 Å². The summed E-state index contributed by atoms with van der Waals surface area (Å²) in [5.74, 6) is 0.0722. The van der Waals surface area contributed by atoms with Crippen LogP contribution in [0.3, 0.4) is 0 Å². The predicted octanol–water partition coefficient (Wildman–Crippen LogP) is 1.72. The number of benzene rings is 1.